The number of aryl methyl sites for hydroxylation is 1. The first-order chi connectivity index (χ1) is 22.0. The molecule has 10 nitrogen and oxygen atoms in total. The number of hydrogen-bond acceptors (Lipinski definition) is 6. The Morgan fingerprint density at radius 1 is 0.935 bits per heavy atom. The highest BCUT2D eigenvalue weighted by Gasteiger charge is 2.46. The van der Waals surface area contributed by atoms with Crippen LogP contribution in [0.3, 0.4) is 0 Å². The SMILES string of the molecule is COc1cc(OC)c(CNC(=O)[C@H]2Cc3c([nH]c4ccccc34)[C@H](c3cn(C)c4ccccc34)N2C(=O)OC(C)(C)C)c(OC)c1. The van der Waals surface area contributed by atoms with E-state index in [2.05, 4.69) is 16.4 Å². The van der Waals surface area contributed by atoms with E-state index in [-0.39, 0.29) is 12.5 Å². The van der Waals surface area contributed by atoms with E-state index >= 15 is 0 Å². The molecule has 2 atom stereocenters. The minimum Gasteiger partial charge on any atom is -0.496 e. The van der Waals surface area contributed by atoms with Crippen LogP contribution in [0.25, 0.3) is 21.8 Å². The first kappa shape index (κ1) is 30.9. The Morgan fingerprint density at radius 2 is 1.59 bits per heavy atom. The topological polar surface area (TPSA) is 107 Å². The first-order valence-electron chi connectivity index (χ1n) is 15.3. The number of methoxy groups -OCH3 is 3. The molecule has 0 saturated heterocycles. The van der Waals surface area contributed by atoms with Gasteiger partial charge in [-0.25, -0.2) is 4.79 Å². The molecule has 5 aromatic rings. The average Bonchev–Trinajstić information content (AvgIpc) is 3.58. The highest BCUT2D eigenvalue weighted by Crippen LogP contribution is 2.44. The zero-order valence-electron chi connectivity index (χ0n) is 27.3. The molecule has 2 N–H and O–H groups in total. The summed E-state index contributed by atoms with van der Waals surface area (Å²) in [4.78, 5) is 33.9. The molecule has 0 aliphatic carbocycles. The molecule has 1 aliphatic rings. The predicted octanol–water partition coefficient (Wildman–Crippen LogP) is 6.25. The van der Waals surface area contributed by atoms with E-state index in [1.54, 1.807) is 38.4 Å². The van der Waals surface area contributed by atoms with E-state index < -0.39 is 23.8 Å². The molecule has 0 bridgehead atoms. The summed E-state index contributed by atoms with van der Waals surface area (Å²) in [6, 6.07) is 18.1. The summed E-state index contributed by atoms with van der Waals surface area (Å²) < 4.78 is 24.7. The zero-order chi connectivity index (χ0) is 32.7. The Morgan fingerprint density at radius 3 is 2.24 bits per heavy atom. The summed E-state index contributed by atoms with van der Waals surface area (Å²) in [7, 11) is 6.66. The van der Waals surface area contributed by atoms with Gasteiger partial charge in [0.1, 0.15) is 34.9 Å². The van der Waals surface area contributed by atoms with Crippen LogP contribution in [0.4, 0.5) is 4.79 Å². The fourth-order valence-corrected chi connectivity index (χ4v) is 6.49. The predicted molar refractivity (Wildman–Crippen MR) is 177 cm³/mol. The Balaban J connectivity index is 1.49. The van der Waals surface area contributed by atoms with Crippen LogP contribution in [0.15, 0.2) is 66.9 Å². The number of fused-ring (bicyclic) bond motifs is 4. The lowest BCUT2D eigenvalue weighted by Crippen LogP contribution is -2.55. The maximum Gasteiger partial charge on any atom is 0.411 e. The molecule has 2 aromatic heterocycles. The quantitative estimate of drug-likeness (QED) is 0.222. The monoisotopic (exact) mass is 624 g/mol. The van der Waals surface area contributed by atoms with Crippen molar-refractivity contribution in [3.8, 4) is 17.2 Å². The van der Waals surface area contributed by atoms with Gasteiger partial charge in [0.25, 0.3) is 0 Å². The Labute approximate surface area is 268 Å². The van der Waals surface area contributed by atoms with Crippen molar-refractivity contribution in [1.82, 2.24) is 19.8 Å². The summed E-state index contributed by atoms with van der Waals surface area (Å²) in [6.07, 6.45) is 1.76. The van der Waals surface area contributed by atoms with Crippen LogP contribution in [0.5, 0.6) is 17.2 Å². The summed E-state index contributed by atoms with van der Waals surface area (Å²) in [6.45, 7) is 5.59. The average molecular weight is 625 g/mol. The van der Waals surface area contributed by atoms with Gasteiger partial charge in [-0.2, -0.15) is 0 Å². The van der Waals surface area contributed by atoms with Crippen molar-refractivity contribution in [2.24, 2.45) is 7.05 Å². The van der Waals surface area contributed by atoms with Crippen molar-refractivity contribution < 1.29 is 28.5 Å². The van der Waals surface area contributed by atoms with Crippen LogP contribution < -0.4 is 19.5 Å². The van der Waals surface area contributed by atoms with Crippen molar-refractivity contribution in [2.45, 2.75) is 51.4 Å². The molecule has 10 heteroatoms. The number of para-hydroxylation sites is 2. The largest absolute Gasteiger partial charge is 0.496 e. The van der Waals surface area contributed by atoms with Gasteiger partial charge in [0.15, 0.2) is 0 Å². The minimum absolute atomic E-state index is 0.105. The van der Waals surface area contributed by atoms with Crippen LogP contribution in [0.2, 0.25) is 0 Å². The second kappa shape index (κ2) is 12.0. The van der Waals surface area contributed by atoms with Crippen LogP contribution in [0.1, 0.15) is 49.2 Å². The van der Waals surface area contributed by atoms with Crippen molar-refractivity contribution in [3.05, 3.63) is 89.2 Å². The third-order valence-corrected chi connectivity index (χ3v) is 8.52. The molecule has 3 heterocycles. The number of nitrogens with one attached hydrogen (secondary N) is 2. The normalized spacial score (nSPS) is 16.3. The van der Waals surface area contributed by atoms with E-state index in [9.17, 15) is 9.59 Å². The molecule has 0 fully saturated rings. The number of ether oxygens (including phenoxy) is 4. The van der Waals surface area contributed by atoms with Gasteiger partial charge in [0, 0.05) is 64.9 Å². The molecule has 0 radical (unpaired) electrons. The fraction of sp³-hybridized carbons (Fsp3) is 0.333. The Hall–Kier alpha value is -5.12. The summed E-state index contributed by atoms with van der Waals surface area (Å²) in [5.41, 5.74) is 4.58. The van der Waals surface area contributed by atoms with E-state index in [0.717, 1.165) is 38.6 Å². The van der Waals surface area contributed by atoms with E-state index in [0.29, 0.717) is 29.2 Å². The number of H-pyrrole nitrogens is 1. The number of aromatic nitrogens is 2. The van der Waals surface area contributed by atoms with Gasteiger partial charge < -0.3 is 33.8 Å². The number of carbonyl (C=O) groups excluding carboxylic acids is 2. The summed E-state index contributed by atoms with van der Waals surface area (Å²) >= 11 is 0. The molecule has 240 valence electrons. The molecule has 3 aromatic carbocycles. The highest BCUT2D eigenvalue weighted by molar-refractivity contribution is 5.93. The number of rotatable bonds is 7. The number of carbonyl (C=O) groups is 2. The molecule has 6 rings (SSSR count). The van der Waals surface area contributed by atoms with Gasteiger partial charge in [-0.15, -0.1) is 0 Å². The third kappa shape index (κ3) is 5.48. The smallest absolute Gasteiger partial charge is 0.411 e. The lowest BCUT2D eigenvalue weighted by Gasteiger charge is -2.41. The van der Waals surface area contributed by atoms with Gasteiger partial charge in [-0.05, 0) is 38.5 Å². The van der Waals surface area contributed by atoms with Crippen LogP contribution >= 0.6 is 0 Å². The lowest BCUT2D eigenvalue weighted by atomic mass is 9.87. The second-order valence-electron chi connectivity index (χ2n) is 12.5. The molecule has 2 amide bonds. The molecule has 0 saturated carbocycles. The number of amides is 2. The highest BCUT2D eigenvalue weighted by atomic mass is 16.6. The van der Waals surface area contributed by atoms with Crippen molar-refractivity contribution in [2.75, 3.05) is 21.3 Å². The zero-order valence-corrected chi connectivity index (χ0v) is 27.3. The summed E-state index contributed by atoms with van der Waals surface area (Å²) in [5, 5.41) is 5.09. The molecule has 1 aliphatic heterocycles. The number of nitrogens with zero attached hydrogens (tertiary/aromatic N) is 2. The maximum atomic E-state index is 14.4. The van der Waals surface area contributed by atoms with Crippen molar-refractivity contribution >= 4 is 33.8 Å². The van der Waals surface area contributed by atoms with E-state index in [1.807, 2.05) is 81.0 Å². The molecule has 46 heavy (non-hydrogen) atoms. The van der Waals surface area contributed by atoms with E-state index in [1.165, 1.54) is 0 Å². The van der Waals surface area contributed by atoms with Gasteiger partial charge in [-0.3, -0.25) is 9.69 Å². The Bertz CT molecular complexity index is 1910. The van der Waals surface area contributed by atoms with Crippen LogP contribution in [0, 0.1) is 0 Å². The maximum absolute atomic E-state index is 14.4. The van der Waals surface area contributed by atoms with Crippen LogP contribution in [-0.4, -0.2) is 59.4 Å². The molecular weight excluding hydrogens is 584 g/mol. The molecule has 0 unspecified atom stereocenters. The summed E-state index contributed by atoms with van der Waals surface area (Å²) in [5.74, 6) is 1.26. The Kier molecular flexibility index (Phi) is 8.06. The third-order valence-electron chi connectivity index (χ3n) is 8.52. The lowest BCUT2D eigenvalue weighted by molar-refractivity contribution is -0.127. The van der Waals surface area contributed by atoms with Crippen molar-refractivity contribution in [3.63, 3.8) is 0 Å². The molecular formula is C36H40N4O6. The number of hydrogen-bond donors (Lipinski definition) is 2. The van der Waals surface area contributed by atoms with Crippen LogP contribution in [-0.2, 0) is 29.5 Å². The molecule has 0 spiro atoms. The second-order valence-corrected chi connectivity index (χ2v) is 12.5. The van der Waals surface area contributed by atoms with Gasteiger partial charge >= 0.3 is 6.09 Å². The minimum atomic E-state index is -0.888. The fourth-order valence-electron chi connectivity index (χ4n) is 6.49. The van der Waals surface area contributed by atoms with E-state index in [4.69, 9.17) is 18.9 Å². The first-order valence-corrected chi connectivity index (χ1v) is 15.3. The van der Waals surface area contributed by atoms with Gasteiger partial charge in [0.05, 0.1) is 33.4 Å². The van der Waals surface area contributed by atoms with Crippen molar-refractivity contribution in [1.29, 1.82) is 0 Å². The standard InChI is InChI=1S/C36H40N4O6/c1-36(2,3)46-35(42)40-29(34(41)37-19-25-30(44-6)16-21(43-5)17-31(25)45-7)18-24-22-12-8-10-14-27(22)38-32(24)33(40)26-20-39(4)28-15-11-9-13-23(26)28/h8-17,20,29,33,38H,18-19H2,1-7H3,(H,37,41)/t29-,33+/m1/s1. The number of aromatic amines is 1. The van der Waals surface area contributed by atoms with Gasteiger partial charge in [-0.1, -0.05) is 36.4 Å². The van der Waals surface area contributed by atoms with Gasteiger partial charge in [0.2, 0.25) is 5.91 Å². The number of benzene rings is 3.